The highest BCUT2D eigenvalue weighted by molar-refractivity contribution is 6.30. The van der Waals surface area contributed by atoms with Gasteiger partial charge in [0.1, 0.15) is 0 Å². The molecule has 2 aromatic carbocycles. The van der Waals surface area contributed by atoms with Crippen molar-refractivity contribution in [2.45, 2.75) is 26.9 Å². The first-order chi connectivity index (χ1) is 15.4. The molecule has 2 N–H and O–H groups in total. The normalized spacial score (nSPS) is 10.8. The molecule has 0 unspecified atom stereocenters. The molecule has 0 saturated heterocycles. The van der Waals surface area contributed by atoms with Crippen LogP contribution in [0.15, 0.2) is 71.8 Å². The Hall–Kier alpha value is -3.64. The number of fused-ring (bicyclic) bond motifs is 1. The molecule has 162 valence electrons. The van der Waals surface area contributed by atoms with E-state index in [1.807, 2.05) is 38.1 Å². The van der Waals surface area contributed by atoms with Crippen LogP contribution in [0.2, 0.25) is 5.02 Å². The number of urea groups is 1. The molecule has 4 rings (SSSR count). The number of anilines is 1. The van der Waals surface area contributed by atoms with E-state index in [1.165, 1.54) is 0 Å². The van der Waals surface area contributed by atoms with Gasteiger partial charge in [0, 0.05) is 46.1 Å². The fraction of sp³-hybridized carbons (Fsp3) is 0.160. The number of carbonyl (C=O) groups is 1. The first kappa shape index (κ1) is 21.6. The first-order valence-corrected chi connectivity index (χ1v) is 10.6. The average molecular weight is 447 g/mol. The van der Waals surface area contributed by atoms with Gasteiger partial charge in [-0.1, -0.05) is 23.7 Å². The number of halogens is 1. The van der Waals surface area contributed by atoms with Crippen molar-refractivity contribution in [2.75, 3.05) is 5.32 Å². The Morgan fingerprint density at radius 1 is 1.09 bits per heavy atom. The summed E-state index contributed by atoms with van der Waals surface area (Å²) in [5.41, 5.74) is 4.73. The zero-order valence-corrected chi connectivity index (χ0v) is 18.6. The lowest BCUT2D eigenvalue weighted by molar-refractivity contribution is 0.206. The van der Waals surface area contributed by atoms with Crippen molar-refractivity contribution in [3.63, 3.8) is 0 Å². The largest absolute Gasteiger partial charge is 0.322 e. The standard InChI is InChI=1S/C25H23ClN4O2/c1-16-10-17(2)22-12-19(24(31)29-23(22)11-16)15-30(14-18-4-3-9-27-13-18)25(32)28-21-7-5-20(26)6-8-21/h3-13H,14-15H2,1-2H3,(H,28,32)(H,29,31). The molecule has 0 aliphatic heterocycles. The number of hydrogen-bond acceptors (Lipinski definition) is 3. The molecule has 32 heavy (non-hydrogen) atoms. The van der Waals surface area contributed by atoms with E-state index in [0.29, 0.717) is 22.8 Å². The van der Waals surface area contributed by atoms with E-state index in [2.05, 4.69) is 21.4 Å². The maximum Gasteiger partial charge on any atom is 0.322 e. The summed E-state index contributed by atoms with van der Waals surface area (Å²) in [4.78, 5) is 34.7. The number of nitrogens with zero attached hydrogens (tertiary/aromatic N) is 2. The van der Waals surface area contributed by atoms with E-state index in [4.69, 9.17) is 11.6 Å². The summed E-state index contributed by atoms with van der Waals surface area (Å²) in [6, 6.07) is 16.2. The summed E-state index contributed by atoms with van der Waals surface area (Å²) in [7, 11) is 0. The number of aromatic amines is 1. The van der Waals surface area contributed by atoms with Gasteiger partial charge in [0.15, 0.2) is 0 Å². The van der Waals surface area contributed by atoms with Crippen molar-refractivity contribution < 1.29 is 4.79 Å². The third-order valence-corrected chi connectivity index (χ3v) is 5.48. The molecule has 0 aliphatic carbocycles. The Morgan fingerprint density at radius 3 is 2.59 bits per heavy atom. The highest BCUT2D eigenvalue weighted by Gasteiger charge is 2.18. The van der Waals surface area contributed by atoms with Gasteiger partial charge in [-0.15, -0.1) is 0 Å². The molecule has 0 atom stereocenters. The first-order valence-electron chi connectivity index (χ1n) is 10.2. The molecular formula is C25H23ClN4O2. The molecule has 0 radical (unpaired) electrons. The average Bonchev–Trinajstić information content (AvgIpc) is 2.76. The maximum absolute atomic E-state index is 13.1. The molecular weight excluding hydrogens is 424 g/mol. The van der Waals surface area contributed by atoms with Gasteiger partial charge in [-0.25, -0.2) is 4.79 Å². The predicted molar refractivity (Wildman–Crippen MR) is 128 cm³/mol. The summed E-state index contributed by atoms with van der Waals surface area (Å²) >= 11 is 5.94. The van der Waals surface area contributed by atoms with Crippen molar-refractivity contribution >= 4 is 34.2 Å². The minimum absolute atomic E-state index is 0.146. The zero-order chi connectivity index (χ0) is 22.7. The third-order valence-electron chi connectivity index (χ3n) is 5.23. The topological polar surface area (TPSA) is 78.1 Å². The summed E-state index contributed by atoms with van der Waals surface area (Å²) in [6.45, 7) is 4.46. The molecule has 2 amide bonds. The van der Waals surface area contributed by atoms with Crippen LogP contribution in [0, 0.1) is 13.8 Å². The summed E-state index contributed by atoms with van der Waals surface area (Å²) in [5, 5.41) is 4.43. The van der Waals surface area contributed by atoms with Crippen LogP contribution in [0.4, 0.5) is 10.5 Å². The number of pyridine rings is 2. The molecule has 4 aromatic rings. The zero-order valence-electron chi connectivity index (χ0n) is 17.9. The number of aromatic nitrogens is 2. The fourth-order valence-corrected chi connectivity index (χ4v) is 3.81. The van der Waals surface area contributed by atoms with Crippen molar-refractivity contribution in [3.8, 4) is 0 Å². The number of nitrogens with one attached hydrogen (secondary N) is 2. The van der Waals surface area contributed by atoms with Crippen LogP contribution >= 0.6 is 11.6 Å². The second kappa shape index (κ2) is 9.24. The molecule has 7 heteroatoms. The summed E-state index contributed by atoms with van der Waals surface area (Å²) in [5.74, 6) is 0. The van der Waals surface area contributed by atoms with Crippen molar-refractivity contribution in [2.24, 2.45) is 0 Å². The second-order valence-electron chi connectivity index (χ2n) is 7.82. The number of rotatable bonds is 5. The molecule has 0 saturated carbocycles. The lowest BCUT2D eigenvalue weighted by atomic mass is 10.0. The number of H-pyrrole nitrogens is 1. The lowest BCUT2D eigenvalue weighted by Crippen LogP contribution is -2.35. The number of amides is 2. The molecule has 2 aromatic heterocycles. The van der Waals surface area contributed by atoms with E-state index in [0.717, 1.165) is 27.6 Å². The SMILES string of the molecule is Cc1cc(C)c2cc(CN(Cc3cccnc3)C(=O)Nc3ccc(Cl)cc3)c(=O)[nH]c2c1. The second-order valence-corrected chi connectivity index (χ2v) is 8.26. The van der Waals surface area contributed by atoms with Crippen LogP contribution in [-0.2, 0) is 13.1 Å². The Labute approximate surface area is 190 Å². The maximum atomic E-state index is 13.1. The van der Waals surface area contributed by atoms with Crippen LogP contribution in [-0.4, -0.2) is 20.9 Å². The van der Waals surface area contributed by atoms with Gasteiger partial charge in [-0.3, -0.25) is 9.78 Å². The summed E-state index contributed by atoms with van der Waals surface area (Å²) in [6.07, 6.45) is 3.39. The molecule has 2 heterocycles. The van der Waals surface area contributed by atoms with Crippen LogP contribution in [0.1, 0.15) is 22.3 Å². The minimum atomic E-state index is -0.323. The van der Waals surface area contributed by atoms with E-state index in [-0.39, 0.29) is 18.1 Å². The Balaban J connectivity index is 1.66. The minimum Gasteiger partial charge on any atom is -0.322 e. The Kier molecular flexibility index (Phi) is 6.23. The Morgan fingerprint density at radius 2 is 1.88 bits per heavy atom. The predicted octanol–water partition coefficient (Wildman–Crippen LogP) is 5.43. The van der Waals surface area contributed by atoms with Gasteiger partial charge in [0.25, 0.3) is 5.56 Å². The monoisotopic (exact) mass is 446 g/mol. The molecule has 0 fully saturated rings. The van der Waals surface area contributed by atoms with Gasteiger partial charge in [-0.05, 0) is 73.0 Å². The van der Waals surface area contributed by atoms with Gasteiger partial charge in [0.05, 0.1) is 6.54 Å². The summed E-state index contributed by atoms with van der Waals surface area (Å²) < 4.78 is 0. The number of benzene rings is 2. The third kappa shape index (κ3) is 4.98. The van der Waals surface area contributed by atoms with Gasteiger partial charge in [-0.2, -0.15) is 0 Å². The van der Waals surface area contributed by atoms with Crippen LogP contribution in [0.5, 0.6) is 0 Å². The van der Waals surface area contributed by atoms with E-state index in [9.17, 15) is 9.59 Å². The number of carbonyl (C=O) groups excluding carboxylic acids is 1. The molecule has 6 nitrogen and oxygen atoms in total. The van der Waals surface area contributed by atoms with E-state index >= 15 is 0 Å². The molecule has 0 bridgehead atoms. The Bertz CT molecular complexity index is 1320. The van der Waals surface area contributed by atoms with Crippen molar-refractivity contribution in [3.05, 3.63) is 105 Å². The fourth-order valence-electron chi connectivity index (χ4n) is 3.69. The van der Waals surface area contributed by atoms with Crippen LogP contribution in [0.3, 0.4) is 0 Å². The van der Waals surface area contributed by atoms with Crippen molar-refractivity contribution in [1.82, 2.24) is 14.9 Å². The molecule has 0 aliphatic rings. The van der Waals surface area contributed by atoms with Crippen LogP contribution < -0.4 is 10.9 Å². The van der Waals surface area contributed by atoms with Crippen LogP contribution in [0.25, 0.3) is 10.9 Å². The number of aryl methyl sites for hydroxylation is 2. The number of hydrogen-bond donors (Lipinski definition) is 2. The lowest BCUT2D eigenvalue weighted by Gasteiger charge is -2.23. The highest BCUT2D eigenvalue weighted by atomic mass is 35.5. The van der Waals surface area contributed by atoms with Gasteiger partial charge < -0.3 is 15.2 Å². The van der Waals surface area contributed by atoms with E-state index in [1.54, 1.807) is 41.6 Å². The quantitative estimate of drug-likeness (QED) is 0.429. The smallest absolute Gasteiger partial charge is 0.322 e. The van der Waals surface area contributed by atoms with Crippen molar-refractivity contribution in [1.29, 1.82) is 0 Å². The molecule has 0 spiro atoms. The van der Waals surface area contributed by atoms with Gasteiger partial charge >= 0.3 is 6.03 Å². The van der Waals surface area contributed by atoms with Gasteiger partial charge in [0.2, 0.25) is 0 Å². The highest BCUT2D eigenvalue weighted by Crippen LogP contribution is 2.20. The van der Waals surface area contributed by atoms with E-state index < -0.39 is 0 Å².